The molecular weight excluding hydrogens is 318 g/mol. The summed E-state index contributed by atoms with van der Waals surface area (Å²) < 4.78 is 0. The molecule has 2 aromatic carbocycles. The van der Waals surface area contributed by atoms with Gasteiger partial charge < -0.3 is 22.2 Å². The maximum Gasteiger partial charge on any atom is 0.317 e. The van der Waals surface area contributed by atoms with Crippen molar-refractivity contribution in [3.05, 3.63) is 59.2 Å². The largest absolute Gasteiger partial charge is 0.399 e. The van der Waals surface area contributed by atoms with E-state index in [2.05, 4.69) is 22.1 Å². The molecule has 8 N–H and O–H groups in total. The summed E-state index contributed by atoms with van der Waals surface area (Å²) in [4.78, 5) is 25.7. The molecule has 25 heavy (non-hydrogen) atoms. The number of urea groups is 1. The van der Waals surface area contributed by atoms with Crippen LogP contribution in [0.5, 0.6) is 0 Å². The molecule has 1 heterocycles. The van der Waals surface area contributed by atoms with Crippen LogP contribution in [0.15, 0.2) is 42.5 Å². The fourth-order valence-electron chi connectivity index (χ4n) is 2.46. The molecule has 7 nitrogen and oxygen atoms in total. The number of nitrogen functional groups attached to an aromatic ring is 1. The van der Waals surface area contributed by atoms with E-state index in [-0.39, 0.29) is 11.4 Å². The van der Waals surface area contributed by atoms with Gasteiger partial charge in [-0.25, -0.2) is 4.79 Å². The predicted octanol–water partition coefficient (Wildman–Crippen LogP) is 1.74. The van der Waals surface area contributed by atoms with Crippen molar-refractivity contribution in [3.63, 3.8) is 0 Å². The molecule has 0 saturated carbocycles. The van der Waals surface area contributed by atoms with Crippen LogP contribution in [0.4, 0.5) is 16.3 Å². The highest BCUT2D eigenvalue weighted by Crippen LogP contribution is 2.26. The van der Waals surface area contributed by atoms with Crippen molar-refractivity contribution in [2.75, 3.05) is 11.1 Å². The molecule has 0 spiro atoms. The van der Waals surface area contributed by atoms with Gasteiger partial charge in [0.15, 0.2) is 0 Å². The monoisotopic (exact) mass is 333 g/mol. The molecule has 0 unspecified atom stereocenters. The average Bonchev–Trinajstić information content (AvgIpc) is 2.90. The van der Waals surface area contributed by atoms with Crippen LogP contribution in [0.1, 0.15) is 21.5 Å². The van der Waals surface area contributed by atoms with Gasteiger partial charge in [0.1, 0.15) is 5.82 Å². The second-order valence-electron chi connectivity index (χ2n) is 5.36. The first-order chi connectivity index (χ1) is 11.9. The number of fused-ring (bicyclic) bond motifs is 1. The Kier molecular flexibility index (Phi) is 4.02. The van der Waals surface area contributed by atoms with E-state index in [1.54, 1.807) is 30.3 Å². The molecule has 0 aliphatic heterocycles. The first-order valence-corrected chi connectivity index (χ1v) is 7.33. The van der Waals surface area contributed by atoms with Crippen molar-refractivity contribution in [2.45, 2.75) is 0 Å². The Morgan fingerprint density at radius 2 is 1.60 bits per heavy atom. The summed E-state index contributed by atoms with van der Waals surface area (Å²) in [6, 6.07) is 11.7. The minimum absolute atomic E-state index is 0.165. The van der Waals surface area contributed by atoms with E-state index in [1.807, 2.05) is 12.1 Å². The Hall–Kier alpha value is -3.92. The number of H-pyrrole nitrogens is 1. The minimum atomic E-state index is -0.794. The highest BCUT2D eigenvalue weighted by atomic mass is 16.2. The average molecular weight is 333 g/mol. The normalized spacial score (nSPS) is 10.1. The molecule has 0 radical (unpaired) electrons. The van der Waals surface area contributed by atoms with Gasteiger partial charge in [-0.05, 0) is 36.4 Å². The maximum atomic E-state index is 11.7. The number of aromatic nitrogens is 1. The van der Waals surface area contributed by atoms with E-state index in [9.17, 15) is 9.59 Å². The Labute approximate surface area is 143 Å². The van der Waals surface area contributed by atoms with E-state index >= 15 is 0 Å². The lowest BCUT2D eigenvalue weighted by Gasteiger charge is -2.00. The third kappa shape index (κ3) is 3.38. The first kappa shape index (κ1) is 16.0. The van der Waals surface area contributed by atoms with Crippen molar-refractivity contribution in [2.24, 2.45) is 11.5 Å². The van der Waals surface area contributed by atoms with Crippen LogP contribution < -0.4 is 22.5 Å². The first-order valence-electron chi connectivity index (χ1n) is 7.33. The molecule has 0 atom stereocenters. The number of hydrogen-bond acceptors (Lipinski definition) is 3. The van der Waals surface area contributed by atoms with Crippen LogP contribution in [0.3, 0.4) is 0 Å². The molecule has 124 valence electrons. The lowest BCUT2D eigenvalue weighted by atomic mass is 10.1. The summed E-state index contributed by atoms with van der Waals surface area (Å²) in [5, 5.41) is 2.94. The van der Waals surface area contributed by atoms with Crippen LogP contribution in [-0.2, 0) is 0 Å². The van der Waals surface area contributed by atoms with Gasteiger partial charge in [0.25, 0.3) is 5.91 Å². The molecule has 0 fully saturated rings. The number of nitrogens with one attached hydrogen (secondary N) is 2. The van der Waals surface area contributed by atoms with Crippen molar-refractivity contribution in [1.82, 2.24) is 4.98 Å². The van der Waals surface area contributed by atoms with Gasteiger partial charge >= 0.3 is 6.03 Å². The van der Waals surface area contributed by atoms with Crippen molar-refractivity contribution in [3.8, 4) is 11.8 Å². The van der Waals surface area contributed by atoms with Gasteiger partial charge in [-0.1, -0.05) is 17.9 Å². The number of benzene rings is 2. The Morgan fingerprint density at radius 3 is 2.24 bits per heavy atom. The molecule has 7 heteroatoms. The zero-order valence-corrected chi connectivity index (χ0v) is 13.1. The van der Waals surface area contributed by atoms with Gasteiger partial charge in [0.05, 0.1) is 5.56 Å². The predicted molar refractivity (Wildman–Crippen MR) is 96.9 cm³/mol. The molecule has 0 bridgehead atoms. The number of amides is 3. The van der Waals surface area contributed by atoms with Crippen LogP contribution in [-0.4, -0.2) is 16.9 Å². The van der Waals surface area contributed by atoms with Crippen LogP contribution in [0, 0.1) is 11.8 Å². The molecule has 3 aromatic rings. The SMILES string of the molecule is NC(=O)Nc1[nH]c2cc(C#Cc3ccc(N)cc3)ccc2c1C(N)=O. The van der Waals surface area contributed by atoms with Crippen molar-refractivity contribution < 1.29 is 9.59 Å². The minimum Gasteiger partial charge on any atom is -0.399 e. The standard InChI is InChI=1S/C18H15N5O2/c19-12-6-3-10(4-7-12)1-2-11-5-8-13-14(9-11)22-17(23-18(21)25)15(13)16(20)24/h3-9,22H,19H2,(H2,20,24)(H3,21,23,25). The van der Waals surface area contributed by atoms with E-state index in [4.69, 9.17) is 17.2 Å². The van der Waals surface area contributed by atoms with Gasteiger partial charge in [0.2, 0.25) is 0 Å². The fraction of sp³-hybridized carbons (Fsp3) is 0. The van der Waals surface area contributed by atoms with E-state index in [1.165, 1.54) is 0 Å². The van der Waals surface area contributed by atoms with Crippen LogP contribution in [0.25, 0.3) is 10.9 Å². The highest BCUT2D eigenvalue weighted by Gasteiger charge is 2.17. The number of anilines is 2. The summed E-state index contributed by atoms with van der Waals surface area (Å²) in [5.74, 6) is 5.56. The third-order valence-corrected chi connectivity index (χ3v) is 3.56. The lowest BCUT2D eigenvalue weighted by Crippen LogP contribution is -2.22. The maximum absolute atomic E-state index is 11.7. The second kappa shape index (κ2) is 6.29. The van der Waals surface area contributed by atoms with Gasteiger partial charge in [0, 0.05) is 27.7 Å². The summed E-state index contributed by atoms with van der Waals surface area (Å²) in [6.45, 7) is 0. The molecule has 1 aromatic heterocycles. The van der Waals surface area contributed by atoms with Gasteiger partial charge in [-0.15, -0.1) is 0 Å². The molecule has 0 saturated heterocycles. The number of rotatable bonds is 2. The van der Waals surface area contributed by atoms with Crippen molar-refractivity contribution in [1.29, 1.82) is 0 Å². The number of primary amides is 2. The summed E-state index contributed by atoms with van der Waals surface area (Å²) >= 11 is 0. The lowest BCUT2D eigenvalue weighted by molar-refractivity contribution is 0.100. The molecule has 0 aliphatic rings. The summed E-state index contributed by atoms with van der Waals surface area (Å²) in [5.41, 5.74) is 19.2. The Bertz CT molecular complexity index is 1040. The van der Waals surface area contributed by atoms with Crippen molar-refractivity contribution >= 4 is 34.3 Å². The van der Waals surface area contributed by atoms with Gasteiger partial charge in [-0.3, -0.25) is 10.1 Å². The zero-order chi connectivity index (χ0) is 18.0. The Balaban J connectivity index is 2.01. The van der Waals surface area contributed by atoms with E-state index < -0.39 is 11.9 Å². The summed E-state index contributed by atoms with van der Waals surface area (Å²) in [7, 11) is 0. The zero-order valence-electron chi connectivity index (χ0n) is 13.1. The van der Waals surface area contributed by atoms with Crippen LogP contribution in [0.2, 0.25) is 0 Å². The fourth-order valence-corrected chi connectivity index (χ4v) is 2.46. The molecular formula is C18H15N5O2. The third-order valence-electron chi connectivity index (χ3n) is 3.56. The molecule has 3 rings (SSSR count). The number of carbonyl (C=O) groups is 2. The smallest absolute Gasteiger partial charge is 0.317 e. The van der Waals surface area contributed by atoms with E-state index in [0.29, 0.717) is 16.6 Å². The number of aromatic amines is 1. The number of carbonyl (C=O) groups excluding carboxylic acids is 2. The number of nitrogens with two attached hydrogens (primary N) is 3. The quantitative estimate of drug-likeness (QED) is 0.360. The molecule has 3 amide bonds. The number of hydrogen-bond donors (Lipinski definition) is 5. The topological polar surface area (TPSA) is 140 Å². The second-order valence-corrected chi connectivity index (χ2v) is 5.36. The summed E-state index contributed by atoms with van der Waals surface area (Å²) in [6.07, 6.45) is 0. The molecule has 0 aliphatic carbocycles. The van der Waals surface area contributed by atoms with Gasteiger partial charge in [-0.2, -0.15) is 0 Å². The van der Waals surface area contributed by atoms with Crippen LogP contribution >= 0.6 is 0 Å². The van der Waals surface area contributed by atoms with E-state index in [0.717, 1.165) is 11.1 Å². The highest BCUT2D eigenvalue weighted by molar-refractivity contribution is 6.13. The Morgan fingerprint density at radius 1 is 0.960 bits per heavy atom.